The van der Waals surface area contributed by atoms with Crippen LogP contribution in [0.5, 0.6) is 0 Å². The first kappa shape index (κ1) is 39.0. The zero-order chi connectivity index (χ0) is 39.4. The standard InChI is InChI=1S/C55H53NO/c1-5-20-45(52-36-33-42(39-56-52)24-19-32-53-48(6-2)49(7-3)54(57-53)37-41-22-9-8-10-23-41)28-14-13-26-44-27-16-18-31-51(44)55(50-30-17-11-21-40(50)4)47-35-34-43-25-12-15-29-46(43)38-47/h5-10,12,14-20,22,25,28-39,44,49,54H,1-4,11,13,21,23-24,26-27H2/b28-14-,32-19-,41-37-,45-20+,55-50-/t44-,49?,54?/m0/s1. The average molecular weight is 744 g/mol. The Balaban J connectivity index is 1.01. The SMILES string of the molecule is C=C/C=C(\C=C/CC[C@H]1CC=CC=C1/C(=C1/C=CCCC1=C)c1ccc2ccccc2c1)c1ccc(C/C=C\C2=C(C=C)C(C=C)C(/C=C3/C=CC=CC3)O2)cn1. The van der Waals surface area contributed by atoms with E-state index in [9.17, 15) is 0 Å². The first-order valence-electron chi connectivity index (χ1n) is 20.3. The third-order valence-corrected chi connectivity index (χ3v) is 11.2. The van der Waals surface area contributed by atoms with Crippen molar-refractivity contribution in [2.24, 2.45) is 11.8 Å². The zero-order valence-electron chi connectivity index (χ0n) is 33.0. The van der Waals surface area contributed by atoms with E-state index in [1.807, 2.05) is 30.5 Å². The van der Waals surface area contributed by atoms with Gasteiger partial charge in [0.15, 0.2) is 0 Å². The summed E-state index contributed by atoms with van der Waals surface area (Å²) in [5.41, 5.74) is 11.9. The third-order valence-electron chi connectivity index (χ3n) is 11.2. The molecular formula is C55H53NO. The second kappa shape index (κ2) is 19.1. The van der Waals surface area contributed by atoms with Crippen molar-refractivity contribution in [3.05, 3.63) is 247 Å². The highest BCUT2D eigenvalue weighted by Crippen LogP contribution is 2.42. The van der Waals surface area contributed by atoms with Crippen molar-refractivity contribution in [3.8, 4) is 0 Å². The van der Waals surface area contributed by atoms with Crippen LogP contribution in [-0.2, 0) is 11.2 Å². The molecule has 3 aliphatic carbocycles. The van der Waals surface area contributed by atoms with Gasteiger partial charge in [0.1, 0.15) is 11.9 Å². The molecule has 0 spiro atoms. The van der Waals surface area contributed by atoms with E-state index >= 15 is 0 Å². The molecule has 0 fully saturated rings. The molecule has 7 rings (SSSR count). The van der Waals surface area contributed by atoms with E-state index in [2.05, 4.69) is 166 Å². The molecule has 2 unspecified atom stereocenters. The minimum atomic E-state index is -0.0898. The second-order valence-electron chi connectivity index (χ2n) is 15.0. The van der Waals surface area contributed by atoms with Crippen LogP contribution < -0.4 is 0 Å². The van der Waals surface area contributed by atoms with Gasteiger partial charge >= 0.3 is 0 Å². The van der Waals surface area contributed by atoms with Gasteiger partial charge in [0.05, 0.1) is 5.69 Å². The first-order chi connectivity index (χ1) is 28.1. The molecule has 0 radical (unpaired) electrons. The van der Waals surface area contributed by atoms with Crippen LogP contribution in [0, 0.1) is 11.8 Å². The summed E-state index contributed by atoms with van der Waals surface area (Å²) in [4.78, 5) is 4.87. The molecule has 2 heteroatoms. The molecule has 57 heavy (non-hydrogen) atoms. The van der Waals surface area contributed by atoms with Gasteiger partial charge in [-0.1, -0.05) is 159 Å². The molecule has 0 saturated carbocycles. The van der Waals surface area contributed by atoms with Crippen LogP contribution in [0.3, 0.4) is 0 Å². The van der Waals surface area contributed by atoms with Crippen LogP contribution in [0.4, 0.5) is 0 Å². The molecule has 1 aliphatic heterocycles. The van der Waals surface area contributed by atoms with E-state index in [1.54, 1.807) is 0 Å². The number of rotatable bonds is 14. The van der Waals surface area contributed by atoms with Gasteiger partial charge in [0.2, 0.25) is 0 Å². The molecule has 2 aromatic carbocycles. The van der Waals surface area contributed by atoms with Gasteiger partial charge < -0.3 is 4.74 Å². The van der Waals surface area contributed by atoms with Gasteiger partial charge in [0, 0.05) is 17.7 Å². The highest BCUT2D eigenvalue weighted by Gasteiger charge is 2.31. The number of hydrogen-bond donors (Lipinski definition) is 0. The van der Waals surface area contributed by atoms with Gasteiger partial charge in [-0.2, -0.15) is 0 Å². The summed E-state index contributed by atoms with van der Waals surface area (Å²) in [6.45, 7) is 16.7. The minimum Gasteiger partial charge on any atom is -0.485 e. The molecule has 0 saturated heterocycles. The Labute approximate surface area is 340 Å². The Hall–Kier alpha value is -6.25. The van der Waals surface area contributed by atoms with Gasteiger partial charge in [-0.15, -0.1) is 6.58 Å². The number of allylic oxidation sites excluding steroid dienone is 22. The summed E-state index contributed by atoms with van der Waals surface area (Å²) in [6.07, 6.45) is 47.2. The van der Waals surface area contributed by atoms with Crippen molar-refractivity contribution in [1.29, 1.82) is 0 Å². The maximum Gasteiger partial charge on any atom is 0.128 e. The summed E-state index contributed by atoms with van der Waals surface area (Å²) in [5, 5.41) is 2.52. The quantitative estimate of drug-likeness (QED) is 0.121. The minimum absolute atomic E-state index is 0.0701. The van der Waals surface area contributed by atoms with Crippen molar-refractivity contribution in [2.45, 2.75) is 51.0 Å². The molecule has 0 bridgehead atoms. The van der Waals surface area contributed by atoms with Gasteiger partial charge in [0.25, 0.3) is 0 Å². The molecule has 284 valence electrons. The third kappa shape index (κ3) is 9.42. The summed E-state index contributed by atoms with van der Waals surface area (Å²) in [7, 11) is 0. The fourth-order valence-electron chi connectivity index (χ4n) is 8.18. The van der Waals surface area contributed by atoms with E-state index < -0.39 is 0 Å². The van der Waals surface area contributed by atoms with Crippen LogP contribution in [-0.4, -0.2) is 11.1 Å². The Bertz CT molecular complexity index is 2370. The monoisotopic (exact) mass is 743 g/mol. The van der Waals surface area contributed by atoms with Gasteiger partial charge in [-0.05, 0) is 130 Å². The lowest BCUT2D eigenvalue weighted by Gasteiger charge is -2.27. The molecule has 0 N–H and O–H groups in total. The Morgan fingerprint density at radius 3 is 2.58 bits per heavy atom. The lowest BCUT2D eigenvalue weighted by Crippen LogP contribution is -2.14. The Morgan fingerprint density at radius 1 is 0.912 bits per heavy atom. The first-order valence-corrected chi connectivity index (χ1v) is 20.3. The van der Waals surface area contributed by atoms with Crippen LogP contribution in [0.25, 0.3) is 21.9 Å². The summed E-state index contributed by atoms with van der Waals surface area (Å²) in [6, 6.07) is 19.8. The average Bonchev–Trinajstić information content (AvgIpc) is 3.59. The molecule has 3 atom stereocenters. The number of aromatic nitrogens is 1. The summed E-state index contributed by atoms with van der Waals surface area (Å²) < 4.78 is 6.42. The fraction of sp³-hybridized carbons (Fsp3) is 0.182. The second-order valence-corrected chi connectivity index (χ2v) is 15.0. The van der Waals surface area contributed by atoms with E-state index in [0.717, 1.165) is 73.1 Å². The highest BCUT2D eigenvalue weighted by atomic mass is 16.5. The predicted molar refractivity (Wildman–Crippen MR) is 244 cm³/mol. The maximum atomic E-state index is 6.42. The predicted octanol–water partition coefficient (Wildman–Crippen LogP) is 14.2. The maximum absolute atomic E-state index is 6.42. The molecule has 4 aliphatic rings. The van der Waals surface area contributed by atoms with Crippen molar-refractivity contribution in [3.63, 3.8) is 0 Å². The highest BCUT2D eigenvalue weighted by molar-refractivity contribution is 5.92. The van der Waals surface area contributed by atoms with E-state index in [1.165, 1.54) is 44.2 Å². The summed E-state index contributed by atoms with van der Waals surface area (Å²) in [5.74, 6) is 1.32. The zero-order valence-corrected chi connectivity index (χ0v) is 33.0. The van der Waals surface area contributed by atoms with E-state index in [-0.39, 0.29) is 12.0 Å². The fourth-order valence-corrected chi connectivity index (χ4v) is 8.18. The van der Waals surface area contributed by atoms with Crippen LogP contribution >= 0.6 is 0 Å². The number of fused-ring (bicyclic) bond motifs is 1. The normalized spacial score (nSPS) is 22.5. The van der Waals surface area contributed by atoms with Gasteiger partial charge in [-0.25, -0.2) is 0 Å². The van der Waals surface area contributed by atoms with Crippen molar-refractivity contribution in [1.82, 2.24) is 4.98 Å². The van der Waals surface area contributed by atoms with E-state index in [0.29, 0.717) is 5.92 Å². The molecule has 3 aromatic rings. The van der Waals surface area contributed by atoms with Gasteiger partial charge in [-0.3, -0.25) is 4.98 Å². The number of benzene rings is 2. The number of hydrogen-bond acceptors (Lipinski definition) is 2. The van der Waals surface area contributed by atoms with Crippen LogP contribution in [0.2, 0.25) is 0 Å². The molecular weight excluding hydrogens is 691 g/mol. The number of ether oxygens (including phenoxy) is 1. The Kier molecular flexibility index (Phi) is 13.0. The smallest absolute Gasteiger partial charge is 0.128 e. The molecule has 2 heterocycles. The molecule has 1 aromatic heterocycles. The number of pyridine rings is 1. The van der Waals surface area contributed by atoms with Crippen LogP contribution in [0.1, 0.15) is 55.3 Å². The van der Waals surface area contributed by atoms with Crippen molar-refractivity contribution >= 4 is 21.9 Å². The van der Waals surface area contributed by atoms with Crippen molar-refractivity contribution in [2.75, 3.05) is 0 Å². The topological polar surface area (TPSA) is 22.1 Å². The molecule has 2 nitrogen and oxygen atoms in total. The number of nitrogens with zero attached hydrogens (tertiary/aromatic N) is 1. The van der Waals surface area contributed by atoms with Crippen molar-refractivity contribution < 1.29 is 4.74 Å². The lowest BCUT2D eigenvalue weighted by atomic mass is 9.77. The largest absolute Gasteiger partial charge is 0.485 e. The van der Waals surface area contributed by atoms with Crippen LogP contribution in [0.15, 0.2) is 230 Å². The Morgan fingerprint density at radius 2 is 1.81 bits per heavy atom. The summed E-state index contributed by atoms with van der Waals surface area (Å²) >= 11 is 0. The lowest BCUT2D eigenvalue weighted by molar-refractivity contribution is 0.174. The molecule has 0 amide bonds. The van der Waals surface area contributed by atoms with E-state index in [4.69, 9.17) is 9.72 Å².